The summed E-state index contributed by atoms with van der Waals surface area (Å²) >= 11 is 0. The summed E-state index contributed by atoms with van der Waals surface area (Å²) < 4.78 is 0. The molecule has 1 fully saturated rings. The fourth-order valence-corrected chi connectivity index (χ4v) is 1.58. The molecule has 0 radical (unpaired) electrons. The van der Waals surface area contributed by atoms with Gasteiger partial charge in [-0.1, -0.05) is 6.08 Å². The Morgan fingerprint density at radius 1 is 1.58 bits per heavy atom. The van der Waals surface area contributed by atoms with Crippen molar-refractivity contribution in [3.05, 3.63) is 12.7 Å². The van der Waals surface area contributed by atoms with Crippen LogP contribution in [0.25, 0.3) is 0 Å². The fourth-order valence-electron chi connectivity index (χ4n) is 1.58. The first-order chi connectivity index (χ1) is 5.77. The number of nitriles is 1. The maximum absolute atomic E-state index is 8.68. The highest BCUT2D eigenvalue weighted by Gasteiger charge is 2.20. The largest absolute Gasteiger partial charge is 0.297 e. The van der Waals surface area contributed by atoms with Gasteiger partial charge in [-0.05, 0) is 32.9 Å². The maximum atomic E-state index is 8.68. The lowest BCUT2D eigenvalue weighted by Crippen LogP contribution is -2.38. The van der Waals surface area contributed by atoms with E-state index in [4.69, 9.17) is 5.26 Å². The van der Waals surface area contributed by atoms with Gasteiger partial charge in [0.2, 0.25) is 0 Å². The molecule has 0 aromatic carbocycles. The Balaban J connectivity index is 2.36. The van der Waals surface area contributed by atoms with E-state index in [2.05, 4.69) is 24.5 Å². The highest BCUT2D eigenvalue weighted by molar-refractivity contribution is 4.91. The zero-order valence-corrected chi connectivity index (χ0v) is 7.66. The molecule has 0 aromatic heterocycles. The van der Waals surface area contributed by atoms with E-state index < -0.39 is 0 Å². The molecule has 66 valence electrons. The van der Waals surface area contributed by atoms with Gasteiger partial charge in [0.05, 0.1) is 6.07 Å². The first-order valence-electron chi connectivity index (χ1n) is 4.54. The number of nitrogens with zero attached hydrogens (tertiary/aromatic N) is 2. The lowest BCUT2D eigenvalue weighted by Gasteiger charge is -2.32. The van der Waals surface area contributed by atoms with E-state index in [0.717, 1.165) is 25.9 Å². The Hall–Kier alpha value is -0.810. The molecule has 1 aliphatic rings. The molecule has 2 heteroatoms. The van der Waals surface area contributed by atoms with Crippen molar-refractivity contribution < 1.29 is 0 Å². The predicted octanol–water partition coefficient (Wildman–Crippen LogP) is 1.80. The zero-order valence-electron chi connectivity index (χ0n) is 7.66. The van der Waals surface area contributed by atoms with Crippen LogP contribution in [0.2, 0.25) is 0 Å². The van der Waals surface area contributed by atoms with Crippen LogP contribution in [0.4, 0.5) is 0 Å². The third kappa shape index (κ3) is 2.09. The molecule has 0 saturated carbocycles. The fraction of sp³-hybridized carbons (Fsp3) is 0.700. The van der Waals surface area contributed by atoms with E-state index >= 15 is 0 Å². The normalized spacial score (nSPS) is 23.0. The second-order valence-corrected chi connectivity index (χ2v) is 3.42. The lowest BCUT2D eigenvalue weighted by molar-refractivity contribution is 0.181. The number of hydrogen-bond donors (Lipinski definition) is 0. The Morgan fingerprint density at radius 3 is 2.58 bits per heavy atom. The molecule has 0 aliphatic carbocycles. The molecule has 1 rings (SSSR count). The third-order valence-electron chi connectivity index (χ3n) is 2.63. The van der Waals surface area contributed by atoms with Crippen LogP contribution in [-0.4, -0.2) is 24.0 Å². The molecule has 1 unspecified atom stereocenters. The van der Waals surface area contributed by atoms with E-state index in [-0.39, 0.29) is 0 Å². The molecule has 0 spiro atoms. The first kappa shape index (κ1) is 9.28. The van der Waals surface area contributed by atoms with Crippen LogP contribution in [0, 0.1) is 17.2 Å². The molecular weight excluding hydrogens is 148 g/mol. The highest BCUT2D eigenvalue weighted by atomic mass is 15.1. The Bertz CT molecular complexity index is 185. The van der Waals surface area contributed by atoms with Crippen LogP contribution in [0.1, 0.15) is 19.8 Å². The number of hydrogen-bond acceptors (Lipinski definition) is 2. The van der Waals surface area contributed by atoms with Gasteiger partial charge in [-0.2, -0.15) is 5.26 Å². The summed E-state index contributed by atoms with van der Waals surface area (Å²) in [5, 5.41) is 8.68. The second kappa shape index (κ2) is 4.27. The summed E-state index contributed by atoms with van der Waals surface area (Å²) in [6.45, 7) is 8.01. The molecular formula is C10H16N2. The van der Waals surface area contributed by atoms with Crippen molar-refractivity contribution in [2.75, 3.05) is 13.1 Å². The molecule has 1 heterocycles. The van der Waals surface area contributed by atoms with E-state index in [1.54, 1.807) is 0 Å². The summed E-state index contributed by atoms with van der Waals surface area (Å²) in [7, 11) is 0. The molecule has 0 aromatic rings. The van der Waals surface area contributed by atoms with Gasteiger partial charge >= 0.3 is 0 Å². The van der Waals surface area contributed by atoms with Gasteiger partial charge in [0, 0.05) is 12.0 Å². The maximum Gasteiger partial charge on any atom is 0.0656 e. The predicted molar refractivity (Wildman–Crippen MR) is 49.6 cm³/mol. The first-order valence-corrected chi connectivity index (χ1v) is 4.54. The average Bonchev–Trinajstić information content (AvgIpc) is 2.17. The number of piperidine rings is 1. The highest BCUT2D eigenvalue weighted by Crippen LogP contribution is 2.17. The van der Waals surface area contributed by atoms with Crippen LogP contribution in [0.15, 0.2) is 12.7 Å². The second-order valence-electron chi connectivity index (χ2n) is 3.42. The van der Waals surface area contributed by atoms with Crippen molar-refractivity contribution in [2.45, 2.75) is 25.8 Å². The van der Waals surface area contributed by atoms with Gasteiger partial charge in [0.1, 0.15) is 0 Å². The minimum Gasteiger partial charge on any atom is -0.297 e. The van der Waals surface area contributed by atoms with Crippen molar-refractivity contribution in [3.63, 3.8) is 0 Å². The monoisotopic (exact) mass is 164 g/mol. The standard InChI is InChI=1S/C10H16N2/c1-3-9(2)12-6-4-10(8-11)5-7-12/h3,9-10H,1,4-7H2,2H3. The molecule has 1 saturated heterocycles. The molecule has 1 aliphatic heterocycles. The van der Waals surface area contributed by atoms with E-state index in [1.165, 1.54) is 0 Å². The van der Waals surface area contributed by atoms with Crippen LogP contribution >= 0.6 is 0 Å². The Morgan fingerprint density at radius 2 is 2.17 bits per heavy atom. The van der Waals surface area contributed by atoms with Crippen molar-refractivity contribution in [1.82, 2.24) is 4.90 Å². The minimum atomic E-state index is 0.290. The summed E-state index contributed by atoms with van der Waals surface area (Å²) in [6.07, 6.45) is 4.01. The zero-order chi connectivity index (χ0) is 8.97. The van der Waals surface area contributed by atoms with E-state index in [1.807, 2.05) is 6.08 Å². The quantitative estimate of drug-likeness (QED) is 0.582. The smallest absolute Gasteiger partial charge is 0.0656 e. The van der Waals surface area contributed by atoms with Crippen molar-refractivity contribution in [3.8, 4) is 6.07 Å². The summed E-state index contributed by atoms with van der Waals surface area (Å²) in [6, 6.07) is 2.79. The molecule has 0 bridgehead atoms. The molecule has 0 amide bonds. The van der Waals surface area contributed by atoms with Gasteiger partial charge < -0.3 is 0 Å². The van der Waals surface area contributed by atoms with Gasteiger partial charge in [-0.15, -0.1) is 6.58 Å². The summed E-state index contributed by atoms with van der Waals surface area (Å²) in [5.41, 5.74) is 0. The third-order valence-corrected chi connectivity index (χ3v) is 2.63. The van der Waals surface area contributed by atoms with Crippen LogP contribution < -0.4 is 0 Å². The Labute approximate surface area is 74.5 Å². The van der Waals surface area contributed by atoms with Gasteiger partial charge in [-0.3, -0.25) is 4.90 Å². The van der Waals surface area contributed by atoms with Crippen LogP contribution in [-0.2, 0) is 0 Å². The molecule has 12 heavy (non-hydrogen) atoms. The number of rotatable bonds is 2. The van der Waals surface area contributed by atoms with Crippen LogP contribution in [0.3, 0.4) is 0 Å². The topological polar surface area (TPSA) is 27.0 Å². The summed E-state index contributed by atoms with van der Waals surface area (Å²) in [4.78, 5) is 2.38. The van der Waals surface area contributed by atoms with E-state index in [9.17, 15) is 0 Å². The molecule has 1 atom stereocenters. The van der Waals surface area contributed by atoms with E-state index in [0.29, 0.717) is 12.0 Å². The summed E-state index contributed by atoms with van der Waals surface area (Å²) in [5.74, 6) is 0.290. The van der Waals surface area contributed by atoms with Crippen molar-refractivity contribution >= 4 is 0 Å². The van der Waals surface area contributed by atoms with Crippen molar-refractivity contribution in [1.29, 1.82) is 5.26 Å². The van der Waals surface area contributed by atoms with Gasteiger partial charge in [-0.25, -0.2) is 0 Å². The SMILES string of the molecule is C=CC(C)N1CCC(C#N)CC1. The lowest BCUT2D eigenvalue weighted by atomic mass is 9.97. The van der Waals surface area contributed by atoms with Gasteiger partial charge in [0.15, 0.2) is 0 Å². The Kier molecular flexibility index (Phi) is 3.31. The van der Waals surface area contributed by atoms with Gasteiger partial charge in [0.25, 0.3) is 0 Å². The number of likely N-dealkylation sites (tertiary alicyclic amines) is 1. The molecule has 0 N–H and O–H groups in total. The van der Waals surface area contributed by atoms with Crippen LogP contribution in [0.5, 0.6) is 0 Å². The van der Waals surface area contributed by atoms with Crippen molar-refractivity contribution in [2.24, 2.45) is 5.92 Å². The minimum absolute atomic E-state index is 0.290. The average molecular weight is 164 g/mol. The molecule has 2 nitrogen and oxygen atoms in total.